The molecule has 1 aromatic carbocycles. The van der Waals surface area contributed by atoms with Crippen molar-refractivity contribution in [3.05, 3.63) is 41.7 Å². The third-order valence-electron chi connectivity index (χ3n) is 3.50. The number of aromatic nitrogens is 2. The van der Waals surface area contributed by atoms with Gasteiger partial charge in [-0.2, -0.15) is 5.10 Å². The number of amides is 1. The van der Waals surface area contributed by atoms with Crippen LogP contribution < -0.4 is 10.6 Å². The fourth-order valence-electron chi connectivity index (χ4n) is 2.29. The smallest absolute Gasteiger partial charge is 0.228 e. The van der Waals surface area contributed by atoms with Gasteiger partial charge < -0.3 is 10.6 Å². The summed E-state index contributed by atoms with van der Waals surface area (Å²) in [6, 6.07) is 9.90. The molecule has 1 heterocycles. The molecule has 0 spiro atoms. The summed E-state index contributed by atoms with van der Waals surface area (Å²) in [5.41, 5.74) is 3.54. The Kier molecular flexibility index (Phi) is 4.75. The van der Waals surface area contributed by atoms with Crippen LogP contribution in [0.2, 0.25) is 0 Å². The van der Waals surface area contributed by atoms with Gasteiger partial charge in [-0.15, -0.1) is 0 Å². The van der Waals surface area contributed by atoms with Gasteiger partial charge in [0.15, 0.2) is 0 Å². The van der Waals surface area contributed by atoms with Crippen LogP contribution in [0.1, 0.15) is 18.3 Å². The van der Waals surface area contributed by atoms with E-state index in [0.29, 0.717) is 6.54 Å². The molecule has 0 aliphatic rings. The van der Waals surface area contributed by atoms with E-state index in [1.54, 1.807) is 0 Å². The summed E-state index contributed by atoms with van der Waals surface area (Å²) < 4.78 is 1.85. The predicted molar refractivity (Wildman–Crippen MR) is 84.8 cm³/mol. The van der Waals surface area contributed by atoms with E-state index in [2.05, 4.69) is 15.7 Å². The Morgan fingerprint density at radius 1 is 1.29 bits per heavy atom. The Bertz CT molecular complexity index is 619. The molecule has 0 aliphatic carbocycles. The molecule has 0 bridgehead atoms. The maximum absolute atomic E-state index is 12.2. The largest absolute Gasteiger partial charge is 0.323 e. The fraction of sp³-hybridized carbons (Fsp3) is 0.375. The SMILES string of the molecule is CNCC(C)C(=O)Nc1c(C)nn(-c2ccccc2)c1C. The zero-order valence-corrected chi connectivity index (χ0v) is 13.0. The fourth-order valence-corrected chi connectivity index (χ4v) is 2.29. The van der Waals surface area contributed by atoms with Gasteiger partial charge in [-0.05, 0) is 33.0 Å². The van der Waals surface area contributed by atoms with Crippen molar-refractivity contribution in [2.24, 2.45) is 5.92 Å². The molecule has 1 atom stereocenters. The second-order valence-corrected chi connectivity index (χ2v) is 5.24. The van der Waals surface area contributed by atoms with Crippen molar-refractivity contribution >= 4 is 11.6 Å². The van der Waals surface area contributed by atoms with Crippen LogP contribution >= 0.6 is 0 Å². The monoisotopic (exact) mass is 286 g/mol. The van der Waals surface area contributed by atoms with Crippen molar-refractivity contribution in [2.45, 2.75) is 20.8 Å². The van der Waals surface area contributed by atoms with Gasteiger partial charge in [0, 0.05) is 12.5 Å². The Hall–Kier alpha value is -2.14. The van der Waals surface area contributed by atoms with Gasteiger partial charge in [-0.1, -0.05) is 25.1 Å². The third kappa shape index (κ3) is 3.31. The molecule has 1 unspecified atom stereocenters. The molecule has 2 aromatic rings. The molecule has 21 heavy (non-hydrogen) atoms. The van der Waals surface area contributed by atoms with Gasteiger partial charge in [-0.25, -0.2) is 4.68 Å². The normalized spacial score (nSPS) is 12.2. The predicted octanol–water partition coefficient (Wildman–Crippen LogP) is 2.28. The van der Waals surface area contributed by atoms with E-state index < -0.39 is 0 Å². The summed E-state index contributed by atoms with van der Waals surface area (Å²) in [6.07, 6.45) is 0. The lowest BCUT2D eigenvalue weighted by Gasteiger charge is -2.12. The highest BCUT2D eigenvalue weighted by Crippen LogP contribution is 2.23. The number of rotatable bonds is 5. The van der Waals surface area contributed by atoms with Crippen molar-refractivity contribution < 1.29 is 4.79 Å². The topological polar surface area (TPSA) is 59.0 Å². The van der Waals surface area contributed by atoms with E-state index in [4.69, 9.17) is 0 Å². The van der Waals surface area contributed by atoms with Crippen molar-refractivity contribution in [2.75, 3.05) is 18.9 Å². The first kappa shape index (κ1) is 15.3. The number of carbonyl (C=O) groups is 1. The van der Waals surface area contributed by atoms with Gasteiger partial charge in [0.05, 0.1) is 22.8 Å². The lowest BCUT2D eigenvalue weighted by Crippen LogP contribution is -2.28. The van der Waals surface area contributed by atoms with E-state index in [-0.39, 0.29) is 11.8 Å². The van der Waals surface area contributed by atoms with Crippen LogP contribution in [0.15, 0.2) is 30.3 Å². The number of hydrogen-bond acceptors (Lipinski definition) is 3. The first-order valence-corrected chi connectivity index (χ1v) is 7.11. The average Bonchev–Trinajstić information content (AvgIpc) is 2.76. The van der Waals surface area contributed by atoms with Crippen LogP contribution in [-0.2, 0) is 4.79 Å². The average molecular weight is 286 g/mol. The van der Waals surface area contributed by atoms with E-state index in [1.165, 1.54) is 0 Å². The van der Waals surface area contributed by atoms with Crippen molar-refractivity contribution in [1.29, 1.82) is 0 Å². The maximum Gasteiger partial charge on any atom is 0.228 e. The highest BCUT2D eigenvalue weighted by molar-refractivity contribution is 5.93. The molecule has 0 fully saturated rings. The zero-order valence-electron chi connectivity index (χ0n) is 13.0. The Balaban J connectivity index is 2.26. The van der Waals surface area contributed by atoms with Crippen LogP contribution in [-0.4, -0.2) is 29.3 Å². The highest BCUT2D eigenvalue weighted by atomic mass is 16.1. The van der Waals surface area contributed by atoms with Crippen LogP contribution in [0.4, 0.5) is 5.69 Å². The molecule has 5 heteroatoms. The van der Waals surface area contributed by atoms with E-state index in [1.807, 2.05) is 62.8 Å². The second-order valence-electron chi connectivity index (χ2n) is 5.24. The highest BCUT2D eigenvalue weighted by Gasteiger charge is 2.18. The van der Waals surface area contributed by atoms with Crippen LogP contribution in [0.5, 0.6) is 0 Å². The number of nitrogens with zero attached hydrogens (tertiary/aromatic N) is 2. The molecule has 1 amide bonds. The molecule has 5 nitrogen and oxygen atoms in total. The summed E-state index contributed by atoms with van der Waals surface area (Å²) in [5, 5.41) is 10.5. The summed E-state index contributed by atoms with van der Waals surface area (Å²) >= 11 is 0. The second kappa shape index (κ2) is 6.54. The number of benzene rings is 1. The molecule has 0 saturated carbocycles. The lowest BCUT2D eigenvalue weighted by atomic mass is 10.1. The minimum absolute atomic E-state index is 0.00293. The van der Waals surface area contributed by atoms with Crippen LogP contribution in [0, 0.1) is 19.8 Å². The zero-order chi connectivity index (χ0) is 15.4. The number of hydrogen-bond donors (Lipinski definition) is 2. The maximum atomic E-state index is 12.2. The number of aryl methyl sites for hydroxylation is 1. The Morgan fingerprint density at radius 3 is 2.57 bits per heavy atom. The van der Waals surface area contributed by atoms with E-state index >= 15 is 0 Å². The summed E-state index contributed by atoms with van der Waals surface area (Å²) in [4.78, 5) is 12.2. The molecule has 2 N–H and O–H groups in total. The number of carbonyl (C=O) groups excluding carboxylic acids is 1. The third-order valence-corrected chi connectivity index (χ3v) is 3.50. The summed E-state index contributed by atoms with van der Waals surface area (Å²) in [5.74, 6) is -0.0861. The number of nitrogens with one attached hydrogen (secondary N) is 2. The number of anilines is 1. The molecule has 0 radical (unpaired) electrons. The molecular formula is C16H22N4O. The molecule has 2 rings (SSSR count). The first-order valence-electron chi connectivity index (χ1n) is 7.11. The van der Waals surface area contributed by atoms with E-state index in [9.17, 15) is 4.79 Å². The molecule has 0 saturated heterocycles. The molecule has 0 aliphatic heterocycles. The lowest BCUT2D eigenvalue weighted by molar-refractivity contribution is -0.119. The van der Waals surface area contributed by atoms with Crippen molar-refractivity contribution in [1.82, 2.24) is 15.1 Å². The Morgan fingerprint density at radius 2 is 1.95 bits per heavy atom. The first-order chi connectivity index (χ1) is 10.0. The minimum Gasteiger partial charge on any atom is -0.323 e. The molecule has 1 aromatic heterocycles. The van der Waals surface area contributed by atoms with E-state index in [0.717, 1.165) is 22.8 Å². The minimum atomic E-state index is -0.0890. The molecular weight excluding hydrogens is 264 g/mol. The van der Waals surface area contributed by atoms with Gasteiger partial charge in [-0.3, -0.25) is 4.79 Å². The summed E-state index contributed by atoms with van der Waals surface area (Å²) in [6.45, 7) is 6.42. The quantitative estimate of drug-likeness (QED) is 0.886. The van der Waals surface area contributed by atoms with Gasteiger partial charge in [0.1, 0.15) is 0 Å². The summed E-state index contributed by atoms with van der Waals surface area (Å²) in [7, 11) is 1.84. The standard InChI is InChI=1S/C16H22N4O/c1-11(10-17-4)16(21)18-15-12(2)19-20(13(15)3)14-8-6-5-7-9-14/h5-9,11,17H,10H2,1-4H3,(H,18,21). The van der Waals surface area contributed by atoms with Gasteiger partial charge in [0.25, 0.3) is 0 Å². The van der Waals surface area contributed by atoms with Crippen molar-refractivity contribution in [3.63, 3.8) is 0 Å². The molecule has 112 valence electrons. The van der Waals surface area contributed by atoms with Gasteiger partial charge in [0.2, 0.25) is 5.91 Å². The van der Waals surface area contributed by atoms with Crippen molar-refractivity contribution in [3.8, 4) is 5.69 Å². The number of para-hydroxylation sites is 1. The Labute approximate surface area is 125 Å². The van der Waals surface area contributed by atoms with Crippen LogP contribution in [0.3, 0.4) is 0 Å². The van der Waals surface area contributed by atoms with Gasteiger partial charge >= 0.3 is 0 Å². The van der Waals surface area contributed by atoms with Crippen LogP contribution in [0.25, 0.3) is 5.69 Å².